The summed E-state index contributed by atoms with van der Waals surface area (Å²) in [5, 5.41) is 0.101. The smallest absolute Gasteiger partial charge is 0.257 e. The minimum absolute atomic E-state index is 0.101. The lowest BCUT2D eigenvalue weighted by molar-refractivity contribution is 0.255. The van der Waals surface area contributed by atoms with Crippen LogP contribution in [-0.4, -0.2) is 50.0 Å². The van der Waals surface area contributed by atoms with Crippen molar-refractivity contribution in [3.8, 4) is 0 Å². The number of rotatable bonds is 7. The Balaban J connectivity index is 2.62. The largest absolute Gasteiger partial charge is 0.335 e. The zero-order chi connectivity index (χ0) is 13.8. The summed E-state index contributed by atoms with van der Waals surface area (Å²) < 4.78 is 26.4. The Morgan fingerprint density at radius 1 is 1.44 bits per heavy atom. The third kappa shape index (κ3) is 4.40. The van der Waals surface area contributed by atoms with Crippen molar-refractivity contribution in [3.05, 3.63) is 12.5 Å². The Labute approximate surface area is 109 Å². The predicted molar refractivity (Wildman–Crippen MR) is 70.7 cm³/mol. The molecular weight excluding hydrogens is 252 g/mol. The summed E-state index contributed by atoms with van der Waals surface area (Å²) >= 11 is 0. The molecule has 1 rings (SSSR count). The van der Waals surface area contributed by atoms with Crippen LogP contribution in [0.3, 0.4) is 0 Å². The van der Waals surface area contributed by atoms with E-state index in [1.54, 1.807) is 0 Å². The van der Waals surface area contributed by atoms with E-state index in [1.807, 2.05) is 19.0 Å². The molecule has 0 aromatic carbocycles. The second kappa shape index (κ2) is 6.31. The number of H-pyrrole nitrogens is 1. The highest BCUT2D eigenvalue weighted by atomic mass is 32.2. The Hall–Kier alpha value is -0.920. The quantitative estimate of drug-likeness (QED) is 0.766. The van der Waals surface area contributed by atoms with Crippen LogP contribution in [0.15, 0.2) is 17.6 Å². The molecule has 0 bridgehead atoms. The zero-order valence-corrected chi connectivity index (χ0v) is 12.2. The van der Waals surface area contributed by atoms with Crippen molar-refractivity contribution in [1.82, 2.24) is 19.6 Å². The maximum atomic E-state index is 11.9. The van der Waals surface area contributed by atoms with Crippen molar-refractivity contribution in [2.45, 2.75) is 31.3 Å². The van der Waals surface area contributed by atoms with E-state index < -0.39 is 10.0 Å². The van der Waals surface area contributed by atoms with Crippen LogP contribution < -0.4 is 4.72 Å². The molecule has 0 saturated carbocycles. The summed E-state index contributed by atoms with van der Waals surface area (Å²) in [5.74, 6) is 0.522. The van der Waals surface area contributed by atoms with Gasteiger partial charge in [0.2, 0.25) is 0 Å². The van der Waals surface area contributed by atoms with Gasteiger partial charge in [0.15, 0.2) is 5.03 Å². The fraction of sp³-hybridized carbons (Fsp3) is 0.727. The monoisotopic (exact) mass is 274 g/mol. The second-order valence-electron chi connectivity index (χ2n) is 5.01. The highest BCUT2D eigenvalue weighted by Crippen LogP contribution is 2.09. The Morgan fingerprint density at radius 3 is 2.56 bits per heavy atom. The van der Waals surface area contributed by atoms with E-state index >= 15 is 0 Å². The average Bonchev–Trinajstić information content (AvgIpc) is 2.77. The van der Waals surface area contributed by atoms with Gasteiger partial charge in [0.05, 0.1) is 12.5 Å². The van der Waals surface area contributed by atoms with Crippen LogP contribution >= 0.6 is 0 Å². The minimum atomic E-state index is -3.48. The Kier molecular flexibility index (Phi) is 5.30. The van der Waals surface area contributed by atoms with Crippen molar-refractivity contribution in [1.29, 1.82) is 0 Å². The lowest BCUT2D eigenvalue weighted by Crippen LogP contribution is -2.41. The van der Waals surface area contributed by atoms with E-state index in [2.05, 4.69) is 28.5 Å². The summed E-state index contributed by atoms with van der Waals surface area (Å²) in [6.45, 7) is 4.65. The molecule has 0 radical (unpaired) electrons. The molecule has 7 heteroatoms. The van der Waals surface area contributed by atoms with Crippen LogP contribution in [0.25, 0.3) is 0 Å². The van der Waals surface area contributed by atoms with E-state index in [1.165, 1.54) is 12.5 Å². The number of sulfonamides is 1. The number of aromatic amines is 1. The number of nitrogens with zero attached hydrogens (tertiary/aromatic N) is 2. The third-order valence-electron chi connectivity index (χ3n) is 2.75. The highest BCUT2D eigenvalue weighted by molar-refractivity contribution is 7.89. The van der Waals surface area contributed by atoms with E-state index in [-0.39, 0.29) is 11.1 Å². The molecule has 1 atom stereocenters. The molecule has 0 aliphatic rings. The lowest BCUT2D eigenvalue weighted by Gasteiger charge is -2.26. The van der Waals surface area contributed by atoms with E-state index in [4.69, 9.17) is 0 Å². The molecule has 1 unspecified atom stereocenters. The summed E-state index contributed by atoms with van der Waals surface area (Å²) in [6, 6.07) is 0.183. The topological polar surface area (TPSA) is 78.1 Å². The van der Waals surface area contributed by atoms with Crippen molar-refractivity contribution >= 4 is 10.0 Å². The molecule has 18 heavy (non-hydrogen) atoms. The maximum absolute atomic E-state index is 11.9. The van der Waals surface area contributed by atoms with Crippen molar-refractivity contribution in [2.24, 2.45) is 5.92 Å². The Morgan fingerprint density at radius 2 is 2.11 bits per heavy atom. The van der Waals surface area contributed by atoms with Gasteiger partial charge in [-0.1, -0.05) is 13.8 Å². The van der Waals surface area contributed by atoms with Gasteiger partial charge in [0.1, 0.15) is 0 Å². The Bertz CT molecular complexity index is 440. The molecule has 0 fully saturated rings. The van der Waals surface area contributed by atoms with Gasteiger partial charge in [0, 0.05) is 12.6 Å². The molecule has 6 nitrogen and oxygen atoms in total. The molecule has 1 aromatic rings. The van der Waals surface area contributed by atoms with Crippen molar-refractivity contribution < 1.29 is 8.42 Å². The van der Waals surface area contributed by atoms with Gasteiger partial charge in [-0.15, -0.1) is 0 Å². The van der Waals surface area contributed by atoms with E-state index in [9.17, 15) is 8.42 Å². The SMILES string of the molecule is CC(C)CC(CNS(=O)(=O)c1cnc[nH]1)N(C)C. The fourth-order valence-corrected chi connectivity index (χ4v) is 2.67. The molecule has 104 valence electrons. The van der Waals surface area contributed by atoms with Gasteiger partial charge >= 0.3 is 0 Å². The molecule has 0 amide bonds. The van der Waals surface area contributed by atoms with Crippen LogP contribution in [0, 0.1) is 5.92 Å². The number of imidazole rings is 1. The first kappa shape index (κ1) is 15.1. The molecule has 0 aliphatic heterocycles. The molecule has 0 spiro atoms. The molecule has 1 aromatic heterocycles. The van der Waals surface area contributed by atoms with E-state index in [0.717, 1.165) is 6.42 Å². The van der Waals surface area contributed by atoms with Gasteiger partial charge in [-0.05, 0) is 26.4 Å². The molecular formula is C11H22N4O2S. The molecule has 1 heterocycles. The number of hydrogen-bond acceptors (Lipinski definition) is 4. The maximum Gasteiger partial charge on any atom is 0.257 e. The first-order valence-electron chi connectivity index (χ1n) is 5.97. The summed E-state index contributed by atoms with van der Waals surface area (Å²) in [4.78, 5) is 8.35. The summed E-state index contributed by atoms with van der Waals surface area (Å²) in [5.41, 5.74) is 0. The van der Waals surface area contributed by atoms with Gasteiger partial charge in [-0.25, -0.2) is 18.1 Å². The van der Waals surface area contributed by atoms with Gasteiger partial charge in [-0.2, -0.15) is 0 Å². The minimum Gasteiger partial charge on any atom is -0.335 e. The van der Waals surface area contributed by atoms with Crippen molar-refractivity contribution in [3.63, 3.8) is 0 Å². The number of aromatic nitrogens is 2. The van der Waals surface area contributed by atoms with Gasteiger partial charge < -0.3 is 9.88 Å². The first-order valence-corrected chi connectivity index (χ1v) is 7.45. The van der Waals surface area contributed by atoms with E-state index in [0.29, 0.717) is 12.5 Å². The van der Waals surface area contributed by atoms with Crippen LogP contribution in [0.1, 0.15) is 20.3 Å². The van der Waals surface area contributed by atoms with Gasteiger partial charge in [0.25, 0.3) is 10.0 Å². The number of nitrogens with one attached hydrogen (secondary N) is 2. The van der Waals surface area contributed by atoms with Crippen molar-refractivity contribution in [2.75, 3.05) is 20.6 Å². The highest BCUT2D eigenvalue weighted by Gasteiger charge is 2.19. The molecule has 2 N–H and O–H groups in total. The predicted octanol–water partition coefficient (Wildman–Crippen LogP) is 0.664. The van der Waals surface area contributed by atoms with Crippen LogP contribution in [-0.2, 0) is 10.0 Å². The fourth-order valence-electron chi connectivity index (χ4n) is 1.69. The second-order valence-corrected chi connectivity index (χ2v) is 6.75. The summed E-state index contributed by atoms with van der Waals surface area (Å²) in [6.07, 6.45) is 3.60. The lowest BCUT2D eigenvalue weighted by atomic mass is 10.0. The summed E-state index contributed by atoms with van der Waals surface area (Å²) in [7, 11) is 0.436. The third-order valence-corrected chi connectivity index (χ3v) is 4.09. The van der Waals surface area contributed by atoms with Gasteiger partial charge in [-0.3, -0.25) is 0 Å². The van der Waals surface area contributed by atoms with Crippen LogP contribution in [0.5, 0.6) is 0 Å². The number of likely N-dealkylation sites (N-methyl/N-ethyl adjacent to an activating group) is 1. The molecule has 0 aliphatic carbocycles. The standard InChI is InChI=1S/C11H22N4O2S/c1-9(2)5-10(15(3)4)6-14-18(16,17)11-7-12-8-13-11/h7-10,14H,5-6H2,1-4H3,(H,12,13). The average molecular weight is 274 g/mol. The van der Waals surface area contributed by atoms with Crippen LogP contribution in [0.4, 0.5) is 0 Å². The first-order chi connectivity index (χ1) is 8.33. The normalized spacial score (nSPS) is 14.3. The van der Waals surface area contributed by atoms with Crippen LogP contribution in [0.2, 0.25) is 0 Å². The number of hydrogen-bond donors (Lipinski definition) is 2. The molecule has 0 saturated heterocycles. The zero-order valence-electron chi connectivity index (χ0n) is 11.3.